The molecule has 2 aromatic carbocycles. The zero-order valence-electron chi connectivity index (χ0n) is 13.2. The van der Waals surface area contributed by atoms with E-state index < -0.39 is 11.6 Å². The van der Waals surface area contributed by atoms with Crippen molar-refractivity contribution >= 4 is 35.0 Å². The quantitative estimate of drug-likeness (QED) is 0.593. The van der Waals surface area contributed by atoms with Crippen LogP contribution in [-0.2, 0) is 0 Å². The molecule has 0 aliphatic heterocycles. The molecule has 0 fully saturated rings. The Bertz CT molecular complexity index is 732. The summed E-state index contributed by atoms with van der Waals surface area (Å²) >= 11 is 5.75. The van der Waals surface area contributed by atoms with Gasteiger partial charge in [-0.2, -0.15) is 0 Å². The third kappa shape index (κ3) is 4.42. The van der Waals surface area contributed by atoms with Crippen LogP contribution in [0, 0.1) is 18.6 Å². The minimum atomic E-state index is -0.514. The maximum atomic E-state index is 14.0. The van der Waals surface area contributed by atoms with Gasteiger partial charge in [0.05, 0.1) is 23.4 Å². The Labute approximate surface area is 139 Å². The van der Waals surface area contributed by atoms with Crippen molar-refractivity contribution in [2.24, 2.45) is 4.99 Å². The van der Waals surface area contributed by atoms with Crippen molar-refractivity contribution in [2.75, 3.05) is 18.9 Å². The molecule has 0 aliphatic rings. The van der Waals surface area contributed by atoms with E-state index in [2.05, 4.69) is 10.3 Å². The molecule has 0 radical (unpaired) electrons. The van der Waals surface area contributed by atoms with Crippen LogP contribution in [-0.4, -0.2) is 24.8 Å². The average Bonchev–Trinajstić information content (AvgIpc) is 2.48. The van der Waals surface area contributed by atoms with Crippen LogP contribution in [0.25, 0.3) is 0 Å². The molecule has 0 unspecified atom stereocenters. The molecule has 23 heavy (non-hydrogen) atoms. The number of halogens is 3. The molecular formula is C17H18ClF2N3. The van der Waals surface area contributed by atoms with E-state index in [1.54, 1.807) is 19.3 Å². The third-order valence-corrected chi connectivity index (χ3v) is 3.58. The van der Waals surface area contributed by atoms with Crippen molar-refractivity contribution in [1.82, 2.24) is 4.90 Å². The molecule has 0 aromatic heterocycles. The summed E-state index contributed by atoms with van der Waals surface area (Å²) in [6, 6.07) is 6.95. The van der Waals surface area contributed by atoms with Crippen LogP contribution < -0.4 is 5.32 Å². The lowest BCUT2D eigenvalue weighted by Crippen LogP contribution is -2.14. The predicted molar refractivity (Wildman–Crippen MR) is 92.3 cm³/mol. The number of hydrogen-bond acceptors (Lipinski definition) is 2. The van der Waals surface area contributed by atoms with Crippen molar-refractivity contribution in [3.05, 3.63) is 52.6 Å². The SMILES string of the molecule is CCN(C)C=Nc1c(C)cc(F)cc1Nc1ccc(Cl)cc1F. The van der Waals surface area contributed by atoms with E-state index in [0.29, 0.717) is 22.0 Å². The molecule has 3 nitrogen and oxygen atoms in total. The summed E-state index contributed by atoms with van der Waals surface area (Å²) < 4.78 is 27.7. The van der Waals surface area contributed by atoms with E-state index in [9.17, 15) is 8.78 Å². The number of nitrogens with zero attached hydrogens (tertiary/aromatic N) is 2. The van der Waals surface area contributed by atoms with Gasteiger partial charge in [-0.3, -0.25) is 0 Å². The third-order valence-electron chi connectivity index (χ3n) is 3.35. The highest BCUT2D eigenvalue weighted by atomic mass is 35.5. The molecule has 0 spiro atoms. The Morgan fingerprint density at radius 2 is 1.96 bits per heavy atom. The van der Waals surface area contributed by atoms with E-state index in [1.807, 2.05) is 18.9 Å². The average molecular weight is 338 g/mol. The number of hydrogen-bond donors (Lipinski definition) is 1. The number of anilines is 2. The summed E-state index contributed by atoms with van der Waals surface area (Å²) in [6.45, 7) is 4.54. The van der Waals surface area contributed by atoms with Gasteiger partial charge < -0.3 is 10.2 Å². The first-order valence-electron chi connectivity index (χ1n) is 7.17. The first-order valence-corrected chi connectivity index (χ1v) is 7.55. The van der Waals surface area contributed by atoms with E-state index >= 15 is 0 Å². The normalized spacial score (nSPS) is 11.0. The van der Waals surface area contributed by atoms with Gasteiger partial charge in [0.2, 0.25) is 0 Å². The molecule has 0 saturated heterocycles. The highest BCUT2D eigenvalue weighted by Crippen LogP contribution is 2.33. The molecule has 0 bridgehead atoms. The zero-order chi connectivity index (χ0) is 17.0. The van der Waals surface area contributed by atoms with Crippen molar-refractivity contribution in [3.8, 4) is 0 Å². The zero-order valence-corrected chi connectivity index (χ0v) is 14.0. The van der Waals surface area contributed by atoms with Gasteiger partial charge in [0.25, 0.3) is 0 Å². The summed E-state index contributed by atoms with van der Waals surface area (Å²) in [5, 5.41) is 3.18. The van der Waals surface area contributed by atoms with Gasteiger partial charge in [0.15, 0.2) is 0 Å². The maximum Gasteiger partial charge on any atom is 0.148 e. The summed E-state index contributed by atoms with van der Waals surface area (Å²) in [4.78, 5) is 6.27. The number of benzene rings is 2. The number of rotatable bonds is 5. The van der Waals surface area contributed by atoms with Gasteiger partial charge in [0, 0.05) is 18.6 Å². The van der Waals surface area contributed by atoms with Gasteiger partial charge in [0.1, 0.15) is 11.6 Å². The van der Waals surface area contributed by atoms with Crippen LogP contribution in [0.4, 0.5) is 25.8 Å². The van der Waals surface area contributed by atoms with Crippen LogP contribution in [0.1, 0.15) is 12.5 Å². The molecule has 0 heterocycles. The van der Waals surface area contributed by atoms with E-state index in [4.69, 9.17) is 11.6 Å². The van der Waals surface area contributed by atoms with Gasteiger partial charge in [-0.05, 0) is 49.7 Å². The van der Waals surface area contributed by atoms with Crippen LogP contribution >= 0.6 is 11.6 Å². The Morgan fingerprint density at radius 1 is 1.22 bits per heavy atom. The Kier molecular flexibility index (Phi) is 5.55. The minimum Gasteiger partial charge on any atom is -0.366 e. The monoisotopic (exact) mass is 337 g/mol. The summed E-state index contributed by atoms with van der Waals surface area (Å²) in [5.74, 6) is -0.929. The van der Waals surface area contributed by atoms with E-state index in [-0.39, 0.29) is 5.69 Å². The molecule has 2 rings (SSSR count). The first kappa shape index (κ1) is 17.2. The number of aliphatic imine (C=N–C) groups is 1. The molecule has 1 N–H and O–H groups in total. The molecule has 0 aliphatic carbocycles. The second-order valence-corrected chi connectivity index (χ2v) is 5.62. The molecule has 122 valence electrons. The van der Waals surface area contributed by atoms with Crippen LogP contribution in [0.2, 0.25) is 5.02 Å². The fourth-order valence-electron chi connectivity index (χ4n) is 1.98. The largest absolute Gasteiger partial charge is 0.366 e. The molecule has 6 heteroatoms. The molecule has 0 amide bonds. The Balaban J connectivity index is 2.42. The van der Waals surface area contributed by atoms with Gasteiger partial charge in [-0.15, -0.1) is 0 Å². The molecule has 0 saturated carbocycles. The molecule has 2 aromatic rings. The lowest BCUT2D eigenvalue weighted by atomic mass is 10.1. The predicted octanol–water partition coefficient (Wildman–Crippen LogP) is 5.28. The fourth-order valence-corrected chi connectivity index (χ4v) is 2.13. The van der Waals surface area contributed by atoms with Gasteiger partial charge in [-0.1, -0.05) is 11.6 Å². The summed E-state index contributed by atoms with van der Waals surface area (Å²) in [5.41, 5.74) is 1.81. The first-order chi connectivity index (χ1) is 10.9. The van der Waals surface area contributed by atoms with E-state index in [1.165, 1.54) is 24.3 Å². The smallest absolute Gasteiger partial charge is 0.148 e. The van der Waals surface area contributed by atoms with Gasteiger partial charge >= 0.3 is 0 Å². The maximum absolute atomic E-state index is 14.0. The second-order valence-electron chi connectivity index (χ2n) is 5.19. The van der Waals surface area contributed by atoms with Crippen molar-refractivity contribution in [1.29, 1.82) is 0 Å². The van der Waals surface area contributed by atoms with Crippen molar-refractivity contribution < 1.29 is 8.78 Å². The van der Waals surface area contributed by atoms with Crippen LogP contribution in [0.3, 0.4) is 0 Å². The summed E-state index contributed by atoms with van der Waals surface area (Å²) in [6.07, 6.45) is 1.66. The van der Waals surface area contributed by atoms with Crippen LogP contribution in [0.15, 0.2) is 35.3 Å². The van der Waals surface area contributed by atoms with E-state index in [0.717, 1.165) is 6.54 Å². The number of aryl methyl sites for hydroxylation is 1. The Hall–Kier alpha value is -2.14. The minimum absolute atomic E-state index is 0.208. The lowest BCUT2D eigenvalue weighted by molar-refractivity contribution is 0.552. The topological polar surface area (TPSA) is 27.6 Å². The van der Waals surface area contributed by atoms with Crippen molar-refractivity contribution in [2.45, 2.75) is 13.8 Å². The highest BCUT2D eigenvalue weighted by molar-refractivity contribution is 6.30. The fraction of sp³-hybridized carbons (Fsp3) is 0.235. The second kappa shape index (κ2) is 7.42. The molecular weight excluding hydrogens is 320 g/mol. The Morgan fingerprint density at radius 3 is 2.61 bits per heavy atom. The van der Waals surface area contributed by atoms with Crippen LogP contribution in [0.5, 0.6) is 0 Å². The van der Waals surface area contributed by atoms with Crippen molar-refractivity contribution in [3.63, 3.8) is 0 Å². The molecule has 0 atom stereocenters. The van der Waals surface area contributed by atoms with Gasteiger partial charge in [-0.25, -0.2) is 13.8 Å². The lowest BCUT2D eigenvalue weighted by Gasteiger charge is -2.14. The number of nitrogens with one attached hydrogen (secondary N) is 1. The summed E-state index contributed by atoms with van der Waals surface area (Å²) in [7, 11) is 1.88. The standard InChI is InChI=1S/C17H18ClF2N3/c1-4-23(3)10-21-17-11(2)7-13(19)9-16(17)22-15-6-5-12(18)8-14(15)20/h5-10,22H,4H2,1-3H3. The highest BCUT2D eigenvalue weighted by Gasteiger charge is 2.11.